The minimum Gasteiger partial charge on any atom is -0.493 e. The fourth-order valence-corrected chi connectivity index (χ4v) is 3.84. The molecule has 20 heavy (non-hydrogen) atoms. The van der Waals surface area contributed by atoms with E-state index in [0.717, 1.165) is 16.2 Å². The van der Waals surface area contributed by atoms with Crippen molar-refractivity contribution < 1.29 is 9.84 Å². The zero-order valence-corrected chi connectivity index (χ0v) is 12.5. The molecule has 1 aromatic heterocycles. The van der Waals surface area contributed by atoms with Crippen LogP contribution in [0.5, 0.6) is 5.75 Å². The van der Waals surface area contributed by atoms with E-state index in [0.29, 0.717) is 24.6 Å². The molecule has 3 N–H and O–H groups in total. The highest BCUT2D eigenvalue weighted by Crippen LogP contribution is 2.44. The Kier molecular flexibility index (Phi) is 3.73. The summed E-state index contributed by atoms with van der Waals surface area (Å²) in [5.41, 5.74) is 6.56. The first kappa shape index (κ1) is 13.9. The summed E-state index contributed by atoms with van der Waals surface area (Å²) >= 11 is 7.40. The molecule has 2 heterocycles. The van der Waals surface area contributed by atoms with Crippen molar-refractivity contribution in [1.82, 2.24) is 0 Å². The highest BCUT2D eigenvalue weighted by molar-refractivity contribution is 7.10. The minimum atomic E-state index is -0.668. The molecule has 0 saturated carbocycles. The third-order valence-corrected chi connectivity index (χ3v) is 5.21. The summed E-state index contributed by atoms with van der Waals surface area (Å²) in [7, 11) is 0. The van der Waals surface area contributed by atoms with Gasteiger partial charge >= 0.3 is 0 Å². The summed E-state index contributed by atoms with van der Waals surface area (Å²) in [4.78, 5) is 0.837. The van der Waals surface area contributed by atoms with Crippen molar-refractivity contribution in [1.29, 1.82) is 0 Å². The number of hydrogen-bond acceptors (Lipinski definition) is 4. The number of benzene rings is 1. The lowest BCUT2D eigenvalue weighted by molar-refractivity contribution is -0.0140. The van der Waals surface area contributed by atoms with E-state index in [4.69, 9.17) is 22.1 Å². The molecule has 5 heteroatoms. The van der Waals surface area contributed by atoms with E-state index in [9.17, 15) is 5.11 Å². The van der Waals surface area contributed by atoms with Crippen molar-refractivity contribution in [2.24, 2.45) is 11.1 Å². The van der Waals surface area contributed by atoms with Crippen LogP contribution in [-0.2, 0) is 6.42 Å². The van der Waals surface area contributed by atoms with Crippen LogP contribution in [0.3, 0.4) is 0 Å². The maximum absolute atomic E-state index is 10.7. The SMILES string of the molecule is NCC1(C(O)c2cc(Cl)cs2)COc2ccccc2C1. The van der Waals surface area contributed by atoms with Gasteiger partial charge in [0.2, 0.25) is 0 Å². The van der Waals surface area contributed by atoms with Gasteiger partial charge in [0.05, 0.1) is 23.1 Å². The Morgan fingerprint density at radius 2 is 2.25 bits per heavy atom. The Bertz CT molecular complexity index is 615. The van der Waals surface area contributed by atoms with Crippen LogP contribution in [0.15, 0.2) is 35.7 Å². The summed E-state index contributed by atoms with van der Waals surface area (Å²) in [6, 6.07) is 9.69. The van der Waals surface area contributed by atoms with Crippen molar-refractivity contribution >= 4 is 22.9 Å². The van der Waals surface area contributed by atoms with Gasteiger partial charge in [-0.3, -0.25) is 0 Å². The maximum Gasteiger partial charge on any atom is 0.122 e. The second-order valence-electron chi connectivity index (χ2n) is 5.21. The smallest absolute Gasteiger partial charge is 0.122 e. The quantitative estimate of drug-likeness (QED) is 0.916. The van der Waals surface area contributed by atoms with E-state index in [1.807, 2.05) is 29.6 Å². The summed E-state index contributed by atoms with van der Waals surface area (Å²) in [5, 5.41) is 13.2. The average Bonchev–Trinajstić information content (AvgIpc) is 2.92. The van der Waals surface area contributed by atoms with Crippen LogP contribution in [-0.4, -0.2) is 18.3 Å². The number of aliphatic hydroxyl groups is 1. The maximum atomic E-state index is 10.7. The molecule has 3 rings (SSSR count). The third kappa shape index (κ3) is 2.33. The summed E-state index contributed by atoms with van der Waals surface area (Å²) in [6.45, 7) is 0.773. The van der Waals surface area contributed by atoms with Crippen molar-refractivity contribution in [2.75, 3.05) is 13.2 Å². The number of fused-ring (bicyclic) bond motifs is 1. The Labute approximate surface area is 126 Å². The number of thiophene rings is 1. The summed E-state index contributed by atoms with van der Waals surface area (Å²) in [5.74, 6) is 0.882. The Hall–Kier alpha value is -1.07. The standard InChI is InChI=1S/C15H16ClNO2S/c16-11-5-13(20-7-11)14(18)15(8-17)6-10-3-1-2-4-12(10)19-9-15/h1-5,7,14,18H,6,8-9,17H2. The van der Waals surface area contributed by atoms with Gasteiger partial charge in [-0.1, -0.05) is 29.8 Å². The number of rotatable bonds is 3. The lowest BCUT2D eigenvalue weighted by atomic mass is 9.75. The Morgan fingerprint density at radius 3 is 2.95 bits per heavy atom. The van der Waals surface area contributed by atoms with Crippen LogP contribution in [0.2, 0.25) is 5.02 Å². The van der Waals surface area contributed by atoms with E-state index in [1.54, 1.807) is 6.07 Å². The molecule has 1 aliphatic rings. The highest BCUT2D eigenvalue weighted by atomic mass is 35.5. The minimum absolute atomic E-state index is 0.359. The van der Waals surface area contributed by atoms with E-state index < -0.39 is 11.5 Å². The Morgan fingerprint density at radius 1 is 1.45 bits per heavy atom. The largest absolute Gasteiger partial charge is 0.493 e. The van der Waals surface area contributed by atoms with Gasteiger partial charge in [0, 0.05) is 16.8 Å². The zero-order chi connectivity index (χ0) is 14.2. The number of nitrogens with two attached hydrogens (primary N) is 1. The second-order valence-corrected chi connectivity index (χ2v) is 6.59. The van der Waals surface area contributed by atoms with Gasteiger partial charge in [-0.2, -0.15) is 0 Å². The number of aliphatic hydroxyl groups excluding tert-OH is 1. The van der Waals surface area contributed by atoms with E-state index in [2.05, 4.69) is 0 Å². The van der Waals surface area contributed by atoms with Crippen LogP contribution in [0.1, 0.15) is 16.5 Å². The molecule has 0 fully saturated rings. The molecule has 0 amide bonds. The fraction of sp³-hybridized carbons (Fsp3) is 0.333. The van der Waals surface area contributed by atoms with Crippen molar-refractivity contribution in [2.45, 2.75) is 12.5 Å². The van der Waals surface area contributed by atoms with Crippen molar-refractivity contribution in [3.8, 4) is 5.75 Å². The first-order valence-electron chi connectivity index (χ1n) is 6.47. The topological polar surface area (TPSA) is 55.5 Å². The molecule has 3 nitrogen and oxygen atoms in total. The van der Waals surface area contributed by atoms with Gasteiger partial charge in [-0.05, 0) is 24.1 Å². The third-order valence-electron chi connectivity index (χ3n) is 3.87. The monoisotopic (exact) mass is 309 g/mol. The molecule has 2 aromatic rings. The predicted octanol–water partition coefficient (Wildman–Crippen LogP) is 3.02. The molecule has 2 atom stereocenters. The van der Waals surface area contributed by atoms with Crippen LogP contribution in [0, 0.1) is 5.41 Å². The van der Waals surface area contributed by atoms with Crippen molar-refractivity contribution in [3.63, 3.8) is 0 Å². The molecule has 1 aromatic carbocycles. The number of halogens is 1. The molecule has 0 bridgehead atoms. The molecular formula is C15H16ClNO2S. The zero-order valence-electron chi connectivity index (χ0n) is 10.9. The molecule has 0 saturated heterocycles. The number of para-hydroxylation sites is 1. The molecule has 0 aliphatic carbocycles. The van der Waals surface area contributed by atoms with E-state index >= 15 is 0 Å². The molecule has 1 aliphatic heterocycles. The summed E-state index contributed by atoms with van der Waals surface area (Å²) in [6.07, 6.45) is 0.0365. The average molecular weight is 310 g/mol. The second kappa shape index (κ2) is 5.37. The van der Waals surface area contributed by atoms with Crippen molar-refractivity contribution in [3.05, 3.63) is 51.2 Å². The van der Waals surface area contributed by atoms with Gasteiger partial charge < -0.3 is 15.6 Å². The van der Waals surface area contributed by atoms with Gasteiger partial charge in [-0.25, -0.2) is 0 Å². The highest BCUT2D eigenvalue weighted by Gasteiger charge is 2.42. The molecular weight excluding hydrogens is 294 g/mol. The summed E-state index contributed by atoms with van der Waals surface area (Å²) < 4.78 is 5.81. The normalized spacial score (nSPS) is 22.9. The van der Waals surface area contributed by atoms with Gasteiger partial charge in [0.1, 0.15) is 5.75 Å². The lowest BCUT2D eigenvalue weighted by Gasteiger charge is -2.40. The van der Waals surface area contributed by atoms with Gasteiger partial charge in [0.25, 0.3) is 0 Å². The van der Waals surface area contributed by atoms with E-state index in [1.165, 1.54) is 11.3 Å². The fourth-order valence-electron chi connectivity index (χ4n) is 2.63. The van der Waals surface area contributed by atoms with Crippen LogP contribution < -0.4 is 10.5 Å². The predicted molar refractivity (Wildman–Crippen MR) is 81.4 cm³/mol. The molecule has 2 unspecified atom stereocenters. The van der Waals surface area contributed by atoms with Crippen LogP contribution in [0.25, 0.3) is 0 Å². The van der Waals surface area contributed by atoms with Gasteiger partial charge in [0.15, 0.2) is 0 Å². The number of ether oxygens (including phenoxy) is 1. The van der Waals surface area contributed by atoms with E-state index in [-0.39, 0.29) is 0 Å². The first-order valence-corrected chi connectivity index (χ1v) is 7.73. The first-order chi connectivity index (χ1) is 9.64. The molecule has 106 valence electrons. The number of hydrogen-bond donors (Lipinski definition) is 2. The van der Waals surface area contributed by atoms with Crippen LogP contribution >= 0.6 is 22.9 Å². The molecule has 0 radical (unpaired) electrons. The lowest BCUT2D eigenvalue weighted by Crippen LogP contribution is -2.45. The molecule has 0 spiro atoms. The Balaban J connectivity index is 1.93. The van der Waals surface area contributed by atoms with Crippen LogP contribution in [0.4, 0.5) is 0 Å². The van der Waals surface area contributed by atoms with Gasteiger partial charge in [-0.15, -0.1) is 11.3 Å².